The predicted molar refractivity (Wildman–Crippen MR) is 96.9 cm³/mol. The normalized spacial score (nSPS) is 14.8. The fourth-order valence-corrected chi connectivity index (χ4v) is 5.21. The summed E-state index contributed by atoms with van der Waals surface area (Å²) in [4.78, 5) is 0.398. The SMILES string of the molecule is COCCN(Cc1ccsc1)S(=O)(=O)c1ccc2c(c1)CCCC2. The third-order valence-corrected chi connectivity index (χ3v) is 7.01. The molecule has 3 rings (SSSR count). The third-order valence-electron chi connectivity index (χ3n) is 4.44. The van der Waals surface area contributed by atoms with Gasteiger partial charge >= 0.3 is 0 Å². The molecule has 4 nitrogen and oxygen atoms in total. The molecule has 0 unspecified atom stereocenters. The second-order valence-corrected chi connectivity index (χ2v) is 8.82. The van der Waals surface area contributed by atoms with Crippen LogP contribution in [0, 0.1) is 0 Å². The molecule has 1 aliphatic carbocycles. The van der Waals surface area contributed by atoms with E-state index in [1.807, 2.05) is 29.0 Å². The van der Waals surface area contributed by atoms with E-state index in [1.165, 1.54) is 21.9 Å². The Bertz CT molecular complexity index is 770. The number of hydrogen-bond donors (Lipinski definition) is 0. The fraction of sp³-hybridized carbons (Fsp3) is 0.444. The van der Waals surface area contributed by atoms with Gasteiger partial charge in [0.1, 0.15) is 0 Å². The Hall–Kier alpha value is -1.21. The Balaban J connectivity index is 1.89. The van der Waals surface area contributed by atoms with Gasteiger partial charge in [-0.1, -0.05) is 6.07 Å². The Morgan fingerprint density at radius 2 is 1.96 bits per heavy atom. The van der Waals surface area contributed by atoms with Crippen LogP contribution in [-0.4, -0.2) is 33.0 Å². The summed E-state index contributed by atoms with van der Waals surface area (Å²) in [7, 11) is -1.93. The van der Waals surface area contributed by atoms with Gasteiger partial charge in [0.05, 0.1) is 11.5 Å². The molecular formula is C18H23NO3S2. The fourth-order valence-electron chi connectivity index (χ4n) is 3.08. The summed E-state index contributed by atoms with van der Waals surface area (Å²) in [6.07, 6.45) is 4.36. The molecule has 0 fully saturated rings. The first-order chi connectivity index (χ1) is 11.6. The van der Waals surface area contributed by atoms with Crippen LogP contribution in [0.4, 0.5) is 0 Å². The average Bonchev–Trinajstić information content (AvgIpc) is 3.11. The van der Waals surface area contributed by atoms with E-state index in [0.29, 0.717) is 24.6 Å². The topological polar surface area (TPSA) is 46.6 Å². The van der Waals surface area contributed by atoms with Crippen molar-refractivity contribution in [3.05, 3.63) is 51.7 Å². The van der Waals surface area contributed by atoms with E-state index in [0.717, 1.165) is 24.8 Å². The lowest BCUT2D eigenvalue weighted by atomic mass is 9.92. The van der Waals surface area contributed by atoms with E-state index in [1.54, 1.807) is 24.5 Å². The minimum Gasteiger partial charge on any atom is -0.383 e. The summed E-state index contributed by atoms with van der Waals surface area (Å²) in [5.74, 6) is 0. The lowest BCUT2D eigenvalue weighted by Crippen LogP contribution is -2.33. The van der Waals surface area contributed by atoms with Gasteiger partial charge in [0, 0.05) is 20.2 Å². The molecule has 0 amide bonds. The highest BCUT2D eigenvalue weighted by molar-refractivity contribution is 7.89. The highest BCUT2D eigenvalue weighted by Gasteiger charge is 2.25. The van der Waals surface area contributed by atoms with Crippen LogP contribution in [0.5, 0.6) is 0 Å². The maximum atomic E-state index is 13.1. The van der Waals surface area contributed by atoms with Crippen molar-refractivity contribution < 1.29 is 13.2 Å². The minimum atomic E-state index is -3.52. The van der Waals surface area contributed by atoms with Gasteiger partial charge in [-0.2, -0.15) is 15.6 Å². The average molecular weight is 366 g/mol. The van der Waals surface area contributed by atoms with Crippen molar-refractivity contribution in [3.8, 4) is 0 Å². The molecule has 0 bridgehead atoms. The molecule has 1 aromatic heterocycles. The number of nitrogens with zero attached hydrogens (tertiary/aromatic N) is 1. The van der Waals surface area contributed by atoms with E-state index >= 15 is 0 Å². The Labute approximate surface area is 148 Å². The highest BCUT2D eigenvalue weighted by Crippen LogP contribution is 2.26. The summed E-state index contributed by atoms with van der Waals surface area (Å²) in [5, 5.41) is 3.96. The molecule has 6 heteroatoms. The van der Waals surface area contributed by atoms with E-state index in [4.69, 9.17) is 4.74 Å². The number of ether oxygens (including phenoxy) is 1. The monoisotopic (exact) mass is 365 g/mol. The summed E-state index contributed by atoms with van der Waals surface area (Å²) in [6, 6.07) is 7.58. The van der Waals surface area contributed by atoms with Gasteiger partial charge in [-0.25, -0.2) is 8.42 Å². The second-order valence-electron chi connectivity index (χ2n) is 6.10. The molecule has 0 aliphatic heterocycles. The number of aryl methyl sites for hydroxylation is 2. The molecule has 0 atom stereocenters. The second kappa shape index (κ2) is 7.78. The Kier molecular flexibility index (Phi) is 5.71. The first-order valence-corrected chi connectivity index (χ1v) is 10.6. The van der Waals surface area contributed by atoms with Gasteiger partial charge < -0.3 is 4.74 Å². The maximum Gasteiger partial charge on any atom is 0.243 e. The first kappa shape index (κ1) is 17.6. The van der Waals surface area contributed by atoms with Crippen molar-refractivity contribution in [2.45, 2.75) is 37.1 Å². The summed E-state index contributed by atoms with van der Waals surface area (Å²) < 4.78 is 32.9. The van der Waals surface area contributed by atoms with Crippen molar-refractivity contribution in [1.82, 2.24) is 4.31 Å². The molecule has 1 heterocycles. The standard InChI is InChI=1S/C18H23NO3S2/c1-22-10-9-19(13-15-8-11-23-14-15)24(20,21)18-7-6-16-4-2-3-5-17(16)12-18/h6-8,11-12,14H,2-5,9-10,13H2,1H3. The number of rotatable bonds is 7. The number of methoxy groups -OCH3 is 1. The number of thiophene rings is 1. The molecular weight excluding hydrogens is 342 g/mol. The lowest BCUT2D eigenvalue weighted by molar-refractivity contribution is 0.177. The lowest BCUT2D eigenvalue weighted by Gasteiger charge is -2.23. The van der Waals surface area contributed by atoms with Crippen LogP contribution in [0.15, 0.2) is 39.9 Å². The van der Waals surface area contributed by atoms with Crippen molar-refractivity contribution in [3.63, 3.8) is 0 Å². The predicted octanol–water partition coefficient (Wildman–Crippen LogP) is 3.46. The van der Waals surface area contributed by atoms with Crippen LogP contribution in [-0.2, 0) is 34.1 Å². The quantitative estimate of drug-likeness (QED) is 0.755. The van der Waals surface area contributed by atoms with Crippen LogP contribution in [0.25, 0.3) is 0 Å². The van der Waals surface area contributed by atoms with Gasteiger partial charge in [0.25, 0.3) is 0 Å². The zero-order chi connectivity index (χ0) is 17.0. The molecule has 130 valence electrons. The molecule has 0 spiro atoms. The van der Waals surface area contributed by atoms with E-state index in [-0.39, 0.29) is 0 Å². The molecule has 0 radical (unpaired) electrons. The molecule has 0 N–H and O–H groups in total. The summed E-state index contributed by atoms with van der Waals surface area (Å²) in [5.41, 5.74) is 3.49. The van der Waals surface area contributed by atoms with Crippen molar-refractivity contribution in [2.75, 3.05) is 20.3 Å². The van der Waals surface area contributed by atoms with Crippen LogP contribution >= 0.6 is 11.3 Å². The third kappa shape index (κ3) is 3.88. The summed E-state index contributed by atoms with van der Waals surface area (Å²) >= 11 is 1.58. The van der Waals surface area contributed by atoms with Gasteiger partial charge in [-0.05, 0) is 71.3 Å². The van der Waals surface area contributed by atoms with Crippen LogP contribution < -0.4 is 0 Å². The summed E-state index contributed by atoms with van der Waals surface area (Å²) in [6.45, 7) is 1.12. The van der Waals surface area contributed by atoms with Crippen molar-refractivity contribution >= 4 is 21.4 Å². The first-order valence-electron chi connectivity index (χ1n) is 8.23. The number of hydrogen-bond acceptors (Lipinski definition) is 4. The van der Waals surface area contributed by atoms with Crippen molar-refractivity contribution in [2.24, 2.45) is 0 Å². The number of benzene rings is 1. The molecule has 1 aromatic carbocycles. The zero-order valence-corrected chi connectivity index (χ0v) is 15.5. The van der Waals surface area contributed by atoms with Gasteiger partial charge in [-0.3, -0.25) is 0 Å². The Morgan fingerprint density at radius 1 is 1.17 bits per heavy atom. The largest absolute Gasteiger partial charge is 0.383 e. The van der Waals surface area contributed by atoms with Crippen LogP contribution in [0.3, 0.4) is 0 Å². The van der Waals surface area contributed by atoms with E-state index in [2.05, 4.69) is 0 Å². The van der Waals surface area contributed by atoms with Gasteiger partial charge in [0.2, 0.25) is 10.0 Å². The smallest absolute Gasteiger partial charge is 0.243 e. The molecule has 0 saturated carbocycles. The highest BCUT2D eigenvalue weighted by atomic mass is 32.2. The maximum absolute atomic E-state index is 13.1. The number of fused-ring (bicyclic) bond motifs is 1. The van der Waals surface area contributed by atoms with Crippen LogP contribution in [0.1, 0.15) is 29.5 Å². The van der Waals surface area contributed by atoms with Crippen LogP contribution in [0.2, 0.25) is 0 Å². The molecule has 2 aromatic rings. The van der Waals surface area contributed by atoms with Gasteiger partial charge in [-0.15, -0.1) is 0 Å². The van der Waals surface area contributed by atoms with Gasteiger partial charge in [0.15, 0.2) is 0 Å². The minimum absolute atomic E-state index is 0.353. The molecule has 1 aliphatic rings. The molecule has 24 heavy (non-hydrogen) atoms. The zero-order valence-electron chi connectivity index (χ0n) is 13.9. The Morgan fingerprint density at radius 3 is 2.67 bits per heavy atom. The van der Waals surface area contributed by atoms with E-state index < -0.39 is 10.0 Å². The van der Waals surface area contributed by atoms with Crippen molar-refractivity contribution in [1.29, 1.82) is 0 Å². The number of sulfonamides is 1. The van der Waals surface area contributed by atoms with E-state index in [9.17, 15) is 8.42 Å². The molecule has 0 saturated heterocycles.